The minimum atomic E-state index is 0. The van der Waals surface area contributed by atoms with Crippen LogP contribution in [0.5, 0.6) is 0 Å². The van der Waals surface area contributed by atoms with Crippen molar-refractivity contribution in [2.45, 2.75) is 0 Å². The molecule has 14 heavy (non-hydrogen) atoms. The zero-order valence-corrected chi connectivity index (χ0v) is 9.09. The van der Waals surface area contributed by atoms with Gasteiger partial charge < -0.3 is 25.0 Å². The molecule has 0 bridgehead atoms. The Bertz CT molecular complexity index is 87.4. The van der Waals surface area contributed by atoms with Crippen LogP contribution >= 0.6 is 12.4 Å². The Morgan fingerprint density at radius 2 is 1.21 bits per heavy atom. The molecule has 0 aliphatic carbocycles. The van der Waals surface area contributed by atoms with Crippen molar-refractivity contribution in [3.05, 3.63) is 0 Å². The van der Waals surface area contributed by atoms with Crippen LogP contribution in [0.15, 0.2) is 0 Å². The monoisotopic (exact) mass is 229 g/mol. The Hall–Kier alpha value is 0.0900. The lowest BCUT2D eigenvalue weighted by Crippen LogP contribution is -2.24. The van der Waals surface area contributed by atoms with Crippen LogP contribution in [0.3, 0.4) is 0 Å². The van der Waals surface area contributed by atoms with E-state index in [0.29, 0.717) is 26.4 Å². The Labute approximate surface area is 90.8 Å². The fraction of sp³-hybridized carbons (Fsp3) is 1.00. The lowest BCUT2D eigenvalue weighted by molar-refractivity contribution is 0.0835. The van der Waals surface area contributed by atoms with Crippen molar-refractivity contribution in [3.8, 4) is 0 Å². The van der Waals surface area contributed by atoms with E-state index in [2.05, 4.69) is 5.32 Å². The van der Waals surface area contributed by atoms with Gasteiger partial charge in [-0.1, -0.05) is 0 Å². The fourth-order valence-electron chi connectivity index (χ4n) is 0.747. The molecule has 0 saturated heterocycles. The van der Waals surface area contributed by atoms with Crippen LogP contribution in [-0.2, 0) is 9.47 Å². The van der Waals surface area contributed by atoms with Crippen molar-refractivity contribution in [2.75, 3.05) is 52.7 Å². The van der Waals surface area contributed by atoms with E-state index in [9.17, 15) is 0 Å². The SMILES string of the molecule is Cl.OCCOCCNCCOCCO. The topological polar surface area (TPSA) is 71.0 Å². The minimum absolute atomic E-state index is 0. The molecule has 0 saturated carbocycles. The highest BCUT2D eigenvalue weighted by atomic mass is 35.5. The van der Waals surface area contributed by atoms with E-state index < -0.39 is 0 Å². The lowest BCUT2D eigenvalue weighted by Gasteiger charge is -2.05. The molecule has 0 atom stereocenters. The molecule has 0 aromatic heterocycles. The molecular weight excluding hydrogens is 210 g/mol. The number of aliphatic hydroxyl groups excluding tert-OH is 2. The summed E-state index contributed by atoms with van der Waals surface area (Å²) in [6.07, 6.45) is 0. The highest BCUT2D eigenvalue weighted by molar-refractivity contribution is 5.85. The molecule has 6 heteroatoms. The summed E-state index contributed by atoms with van der Waals surface area (Å²) in [7, 11) is 0. The predicted octanol–water partition coefficient (Wildman–Crippen LogP) is -0.984. The quantitative estimate of drug-likeness (QED) is 0.420. The first kappa shape index (κ1) is 16.5. The van der Waals surface area contributed by atoms with E-state index in [1.54, 1.807) is 0 Å². The molecule has 0 radical (unpaired) electrons. The second-order valence-electron chi connectivity index (χ2n) is 2.42. The number of halogens is 1. The van der Waals surface area contributed by atoms with Gasteiger partial charge in [0, 0.05) is 13.1 Å². The molecular formula is C8H20ClNO4. The number of ether oxygens (including phenoxy) is 2. The largest absolute Gasteiger partial charge is 0.394 e. The van der Waals surface area contributed by atoms with Gasteiger partial charge in [0.15, 0.2) is 0 Å². The first-order valence-corrected chi connectivity index (χ1v) is 4.49. The van der Waals surface area contributed by atoms with Gasteiger partial charge in [-0.2, -0.15) is 0 Å². The van der Waals surface area contributed by atoms with Crippen molar-refractivity contribution >= 4 is 12.4 Å². The summed E-state index contributed by atoms with van der Waals surface area (Å²) >= 11 is 0. The molecule has 0 aliphatic heterocycles. The molecule has 0 heterocycles. The van der Waals surface area contributed by atoms with Crippen LogP contribution in [-0.4, -0.2) is 62.9 Å². The van der Waals surface area contributed by atoms with Crippen LogP contribution in [0.4, 0.5) is 0 Å². The number of hydrogen-bond donors (Lipinski definition) is 3. The second kappa shape index (κ2) is 15.6. The zero-order chi connectivity index (χ0) is 9.78. The molecule has 5 nitrogen and oxygen atoms in total. The normalized spacial score (nSPS) is 9.86. The number of hydrogen-bond acceptors (Lipinski definition) is 5. The summed E-state index contributed by atoms with van der Waals surface area (Å²) < 4.78 is 10.0. The molecule has 0 aromatic rings. The number of aliphatic hydroxyl groups is 2. The summed E-state index contributed by atoms with van der Waals surface area (Å²) in [5.74, 6) is 0. The Morgan fingerprint density at radius 1 is 0.786 bits per heavy atom. The molecule has 0 spiro atoms. The third kappa shape index (κ3) is 14.6. The molecule has 0 rings (SSSR count). The lowest BCUT2D eigenvalue weighted by atomic mass is 10.6. The maximum absolute atomic E-state index is 8.38. The van der Waals surface area contributed by atoms with Gasteiger partial charge >= 0.3 is 0 Å². The van der Waals surface area contributed by atoms with Crippen LogP contribution in [0, 0.1) is 0 Å². The van der Waals surface area contributed by atoms with E-state index >= 15 is 0 Å². The third-order valence-corrected chi connectivity index (χ3v) is 1.32. The molecule has 0 amide bonds. The van der Waals surface area contributed by atoms with E-state index in [4.69, 9.17) is 19.7 Å². The van der Waals surface area contributed by atoms with Gasteiger partial charge in [0.25, 0.3) is 0 Å². The summed E-state index contributed by atoms with van der Waals surface area (Å²) in [6, 6.07) is 0. The molecule has 0 fully saturated rings. The standard InChI is InChI=1S/C8H19NO4.ClH/c10-3-7-12-5-1-9-2-6-13-8-4-11;/h9-11H,1-8H2;1H. The van der Waals surface area contributed by atoms with Gasteiger partial charge in [-0.15, -0.1) is 12.4 Å². The first-order chi connectivity index (χ1) is 6.41. The second-order valence-corrected chi connectivity index (χ2v) is 2.42. The summed E-state index contributed by atoms with van der Waals surface area (Å²) in [5.41, 5.74) is 0. The first-order valence-electron chi connectivity index (χ1n) is 4.49. The molecule has 0 aliphatic rings. The molecule has 88 valence electrons. The average molecular weight is 230 g/mol. The van der Waals surface area contributed by atoms with Crippen LogP contribution in [0.25, 0.3) is 0 Å². The third-order valence-electron chi connectivity index (χ3n) is 1.32. The van der Waals surface area contributed by atoms with Gasteiger partial charge in [-0.25, -0.2) is 0 Å². The van der Waals surface area contributed by atoms with E-state index in [1.807, 2.05) is 0 Å². The van der Waals surface area contributed by atoms with Crippen LogP contribution < -0.4 is 5.32 Å². The Morgan fingerprint density at radius 3 is 1.57 bits per heavy atom. The van der Waals surface area contributed by atoms with Crippen molar-refractivity contribution in [2.24, 2.45) is 0 Å². The molecule has 3 N–H and O–H groups in total. The predicted molar refractivity (Wildman–Crippen MR) is 55.9 cm³/mol. The van der Waals surface area contributed by atoms with E-state index in [1.165, 1.54) is 0 Å². The van der Waals surface area contributed by atoms with Gasteiger partial charge in [-0.3, -0.25) is 0 Å². The molecule has 0 unspecified atom stereocenters. The number of nitrogens with one attached hydrogen (secondary N) is 1. The maximum atomic E-state index is 8.38. The van der Waals surface area contributed by atoms with Crippen molar-refractivity contribution in [1.82, 2.24) is 5.32 Å². The molecule has 0 aromatic carbocycles. The maximum Gasteiger partial charge on any atom is 0.0698 e. The average Bonchev–Trinajstić information content (AvgIpc) is 2.16. The van der Waals surface area contributed by atoms with Crippen molar-refractivity contribution in [1.29, 1.82) is 0 Å². The van der Waals surface area contributed by atoms with Crippen molar-refractivity contribution < 1.29 is 19.7 Å². The van der Waals surface area contributed by atoms with Gasteiger partial charge in [-0.05, 0) is 0 Å². The van der Waals surface area contributed by atoms with Gasteiger partial charge in [0.2, 0.25) is 0 Å². The van der Waals surface area contributed by atoms with Crippen molar-refractivity contribution in [3.63, 3.8) is 0 Å². The fourth-order valence-corrected chi connectivity index (χ4v) is 0.747. The number of rotatable bonds is 10. The van der Waals surface area contributed by atoms with Crippen LogP contribution in [0.1, 0.15) is 0 Å². The highest BCUT2D eigenvalue weighted by Crippen LogP contribution is 1.73. The van der Waals surface area contributed by atoms with Gasteiger partial charge in [0.1, 0.15) is 0 Å². The minimum Gasteiger partial charge on any atom is -0.394 e. The summed E-state index contributed by atoms with van der Waals surface area (Å²) in [6.45, 7) is 3.62. The van der Waals surface area contributed by atoms with Crippen LogP contribution in [0.2, 0.25) is 0 Å². The zero-order valence-electron chi connectivity index (χ0n) is 8.28. The highest BCUT2D eigenvalue weighted by Gasteiger charge is 1.88. The Balaban J connectivity index is 0. The summed E-state index contributed by atoms with van der Waals surface area (Å²) in [5, 5.41) is 19.8. The smallest absolute Gasteiger partial charge is 0.0698 e. The summed E-state index contributed by atoms with van der Waals surface area (Å²) in [4.78, 5) is 0. The van der Waals surface area contributed by atoms with Gasteiger partial charge in [0.05, 0.1) is 39.6 Å². The Kier molecular flexibility index (Phi) is 18.4. The van der Waals surface area contributed by atoms with E-state index in [-0.39, 0.29) is 25.6 Å². The van der Waals surface area contributed by atoms with E-state index in [0.717, 1.165) is 13.1 Å².